The molecule has 130 valence electrons. The zero-order valence-electron chi connectivity index (χ0n) is 13.8. The Hall–Kier alpha value is -1.76. The van der Waals surface area contributed by atoms with Crippen LogP contribution in [-0.4, -0.2) is 23.3 Å². The van der Waals surface area contributed by atoms with Crippen molar-refractivity contribution in [1.29, 1.82) is 0 Å². The second-order valence-electron chi connectivity index (χ2n) is 5.42. The number of hydrogen-bond donors (Lipinski definition) is 1. The lowest BCUT2D eigenvalue weighted by Gasteiger charge is -2.10. The maximum absolute atomic E-state index is 12.3. The standard InChI is InChI=1S/C18H17ClN2O2S2/c1-11(17(22)20-10-12-3-6-14(23-2)7-4-12)24-18-21-15-9-13(19)5-8-16(15)25-18/h3-9,11H,10H2,1-2H3,(H,20,22)/t11-/m1/s1. The van der Waals surface area contributed by atoms with Crippen LogP contribution in [0.1, 0.15) is 12.5 Å². The van der Waals surface area contributed by atoms with Crippen molar-refractivity contribution in [3.8, 4) is 5.75 Å². The van der Waals surface area contributed by atoms with Crippen LogP contribution in [0.25, 0.3) is 10.2 Å². The molecular formula is C18H17ClN2O2S2. The highest BCUT2D eigenvalue weighted by Crippen LogP contribution is 2.33. The van der Waals surface area contributed by atoms with Gasteiger partial charge in [0.05, 0.1) is 22.6 Å². The van der Waals surface area contributed by atoms with Crippen LogP contribution >= 0.6 is 34.7 Å². The van der Waals surface area contributed by atoms with Crippen molar-refractivity contribution in [2.24, 2.45) is 0 Å². The summed E-state index contributed by atoms with van der Waals surface area (Å²) < 4.78 is 7.06. The maximum atomic E-state index is 12.3. The number of halogens is 1. The summed E-state index contributed by atoms with van der Waals surface area (Å²) >= 11 is 9.01. The van der Waals surface area contributed by atoms with Crippen molar-refractivity contribution in [3.05, 3.63) is 53.1 Å². The Morgan fingerprint density at radius 2 is 2.08 bits per heavy atom. The molecule has 1 amide bonds. The zero-order chi connectivity index (χ0) is 17.8. The average Bonchev–Trinajstić information content (AvgIpc) is 3.01. The molecule has 0 fully saturated rings. The third kappa shape index (κ3) is 4.66. The van der Waals surface area contributed by atoms with Crippen molar-refractivity contribution in [3.63, 3.8) is 0 Å². The highest BCUT2D eigenvalue weighted by molar-refractivity contribution is 8.02. The monoisotopic (exact) mass is 392 g/mol. The van der Waals surface area contributed by atoms with Gasteiger partial charge in [0.25, 0.3) is 0 Å². The molecule has 3 aromatic rings. The predicted molar refractivity (Wildman–Crippen MR) is 105 cm³/mol. The summed E-state index contributed by atoms with van der Waals surface area (Å²) in [5.41, 5.74) is 1.90. The number of rotatable bonds is 6. The Morgan fingerprint density at radius 3 is 2.80 bits per heavy atom. The van der Waals surface area contributed by atoms with Gasteiger partial charge in [-0.25, -0.2) is 4.98 Å². The molecule has 0 radical (unpaired) electrons. The van der Waals surface area contributed by atoms with Gasteiger partial charge in [-0.05, 0) is 42.8 Å². The molecule has 1 atom stereocenters. The number of ether oxygens (including phenoxy) is 1. The zero-order valence-corrected chi connectivity index (χ0v) is 16.2. The number of benzene rings is 2. The van der Waals surface area contributed by atoms with E-state index in [1.165, 1.54) is 11.8 Å². The first-order chi connectivity index (χ1) is 12.0. The highest BCUT2D eigenvalue weighted by atomic mass is 35.5. The number of amides is 1. The van der Waals surface area contributed by atoms with E-state index in [0.29, 0.717) is 11.6 Å². The van der Waals surface area contributed by atoms with Gasteiger partial charge in [0.1, 0.15) is 5.75 Å². The lowest BCUT2D eigenvalue weighted by Crippen LogP contribution is -2.30. The van der Waals surface area contributed by atoms with Gasteiger partial charge in [-0.15, -0.1) is 11.3 Å². The molecule has 1 N–H and O–H groups in total. The predicted octanol–water partition coefficient (Wildman–Crippen LogP) is 4.76. The lowest BCUT2D eigenvalue weighted by atomic mass is 10.2. The van der Waals surface area contributed by atoms with Crippen molar-refractivity contribution in [2.75, 3.05) is 7.11 Å². The molecule has 0 aliphatic heterocycles. The van der Waals surface area contributed by atoms with Crippen molar-refractivity contribution < 1.29 is 9.53 Å². The lowest BCUT2D eigenvalue weighted by molar-refractivity contribution is -0.120. The van der Waals surface area contributed by atoms with E-state index in [2.05, 4.69) is 10.3 Å². The van der Waals surface area contributed by atoms with E-state index in [-0.39, 0.29) is 11.2 Å². The fraction of sp³-hybridized carbons (Fsp3) is 0.222. The highest BCUT2D eigenvalue weighted by Gasteiger charge is 2.16. The van der Waals surface area contributed by atoms with Crippen LogP contribution < -0.4 is 10.1 Å². The van der Waals surface area contributed by atoms with Crippen molar-refractivity contribution in [1.82, 2.24) is 10.3 Å². The Balaban J connectivity index is 1.57. The first-order valence-corrected chi connectivity index (χ1v) is 9.76. The molecule has 4 nitrogen and oxygen atoms in total. The molecule has 0 saturated heterocycles. The van der Waals surface area contributed by atoms with E-state index in [1.54, 1.807) is 18.4 Å². The molecule has 0 bridgehead atoms. The van der Waals surface area contributed by atoms with Crippen LogP contribution in [-0.2, 0) is 11.3 Å². The SMILES string of the molecule is COc1ccc(CNC(=O)[C@@H](C)Sc2nc3cc(Cl)ccc3s2)cc1. The van der Waals surface area contributed by atoms with Gasteiger partial charge in [-0.2, -0.15) is 0 Å². The second kappa shape index (κ2) is 8.08. The molecule has 0 unspecified atom stereocenters. The fourth-order valence-corrected chi connectivity index (χ4v) is 4.59. The van der Waals surface area contributed by atoms with Crippen LogP contribution in [0, 0.1) is 0 Å². The number of thioether (sulfide) groups is 1. The molecule has 25 heavy (non-hydrogen) atoms. The number of carbonyl (C=O) groups excluding carboxylic acids is 1. The fourth-order valence-electron chi connectivity index (χ4n) is 2.21. The Bertz CT molecular complexity index is 880. The quantitative estimate of drug-likeness (QED) is 0.615. The van der Waals surface area contributed by atoms with Gasteiger partial charge in [0.15, 0.2) is 4.34 Å². The number of thiazole rings is 1. The molecule has 0 spiro atoms. The largest absolute Gasteiger partial charge is 0.497 e. The van der Waals surface area contributed by atoms with E-state index < -0.39 is 0 Å². The van der Waals surface area contributed by atoms with Gasteiger partial charge in [-0.3, -0.25) is 4.79 Å². The Labute approximate surface area is 159 Å². The van der Waals surface area contributed by atoms with E-state index in [9.17, 15) is 4.79 Å². The molecule has 0 aliphatic carbocycles. The molecule has 1 aromatic heterocycles. The number of nitrogens with zero attached hydrogens (tertiary/aromatic N) is 1. The number of carbonyl (C=O) groups is 1. The van der Waals surface area contributed by atoms with Gasteiger partial charge < -0.3 is 10.1 Å². The molecule has 7 heteroatoms. The molecule has 0 aliphatic rings. The maximum Gasteiger partial charge on any atom is 0.233 e. The Kier molecular flexibility index (Phi) is 5.83. The summed E-state index contributed by atoms with van der Waals surface area (Å²) in [5.74, 6) is 0.785. The number of fused-ring (bicyclic) bond motifs is 1. The Morgan fingerprint density at radius 1 is 1.32 bits per heavy atom. The normalized spacial score (nSPS) is 12.1. The van der Waals surface area contributed by atoms with Crippen LogP contribution in [0.4, 0.5) is 0 Å². The summed E-state index contributed by atoms with van der Waals surface area (Å²) in [6.07, 6.45) is 0. The van der Waals surface area contributed by atoms with E-state index in [4.69, 9.17) is 16.3 Å². The summed E-state index contributed by atoms with van der Waals surface area (Å²) in [7, 11) is 1.63. The average molecular weight is 393 g/mol. The van der Waals surface area contributed by atoms with Crippen LogP contribution in [0.2, 0.25) is 5.02 Å². The number of nitrogens with one attached hydrogen (secondary N) is 1. The molecule has 3 rings (SSSR count). The minimum absolute atomic E-state index is 0.0156. The van der Waals surface area contributed by atoms with Crippen LogP contribution in [0.3, 0.4) is 0 Å². The van der Waals surface area contributed by atoms with E-state index in [1.807, 2.05) is 49.4 Å². The van der Waals surface area contributed by atoms with Gasteiger partial charge >= 0.3 is 0 Å². The third-order valence-electron chi connectivity index (χ3n) is 3.60. The number of methoxy groups -OCH3 is 1. The summed E-state index contributed by atoms with van der Waals surface area (Å²) in [4.78, 5) is 16.8. The van der Waals surface area contributed by atoms with E-state index >= 15 is 0 Å². The van der Waals surface area contributed by atoms with E-state index in [0.717, 1.165) is 25.9 Å². The second-order valence-corrected chi connectivity index (χ2v) is 8.47. The molecular weight excluding hydrogens is 376 g/mol. The molecule has 2 aromatic carbocycles. The molecule has 1 heterocycles. The van der Waals surface area contributed by atoms with Crippen molar-refractivity contribution >= 4 is 50.8 Å². The van der Waals surface area contributed by atoms with Crippen LogP contribution in [0.15, 0.2) is 46.8 Å². The minimum Gasteiger partial charge on any atom is -0.497 e. The van der Waals surface area contributed by atoms with Gasteiger partial charge in [-0.1, -0.05) is 35.5 Å². The minimum atomic E-state index is -0.228. The molecule has 0 saturated carbocycles. The topological polar surface area (TPSA) is 51.2 Å². The third-order valence-corrected chi connectivity index (χ3v) is 6.07. The first-order valence-electron chi connectivity index (χ1n) is 7.68. The number of aromatic nitrogens is 1. The van der Waals surface area contributed by atoms with Gasteiger partial charge in [0.2, 0.25) is 5.91 Å². The van der Waals surface area contributed by atoms with Crippen LogP contribution in [0.5, 0.6) is 5.75 Å². The van der Waals surface area contributed by atoms with Crippen molar-refractivity contribution in [2.45, 2.75) is 23.1 Å². The first kappa shape index (κ1) is 18.0. The summed E-state index contributed by atoms with van der Waals surface area (Å²) in [5, 5.41) is 3.39. The number of hydrogen-bond acceptors (Lipinski definition) is 5. The smallest absolute Gasteiger partial charge is 0.233 e. The van der Waals surface area contributed by atoms with Gasteiger partial charge in [0, 0.05) is 11.6 Å². The summed E-state index contributed by atoms with van der Waals surface area (Å²) in [6.45, 7) is 2.37. The summed E-state index contributed by atoms with van der Waals surface area (Å²) in [6, 6.07) is 13.3.